The summed E-state index contributed by atoms with van der Waals surface area (Å²) in [6.45, 7) is 8.54. The van der Waals surface area contributed by atoms with E-state index >= 15 is 0 Å². The molecule has 0 aromatic carbocycles. The largest absolute Gasteiger partial charge is 0.370 e. The normalized spacial score (nSPS) is 19.3. The standard InChI is InChI=1S/C15H27N5/c1-5-13-17-14(16-6-2)9-15(18-13)20(4)11-12-7-8-19(3)10-12/h9,12H,5-8,10-11H2,1-4H3,(H,16,17,18). The average Bonchev–Trinajstić information content (AvgIpc) is 2.84. The minimum absolute atomic E-state index is 0.743. The average molecular weight is 277 g/mol. The van der Waals surface area contributed by atoms with E-state index in [1.54, 1.807) is 0 Å². The van der Waals surface area contributed by atoms with Gasteiger partial charge < -0.3 is 15.1 Å². The zero-order valence-electron chi connectivity index (χ0n) is 13.2. The van der Waals surface area contributed by atoms with Crippen LogP contribution in [0.4, 0.5) is 11.6 Å². The van der Waals surface area contributed by atoms with Gasteiger partial charge in [0.15, 0.2) is 0 Å². The maximum absolute atomic E-state index is 4.66. The third-order valence-electron chi connectivity index (χ3n) is 3.85. The van der Waals surface area contributed by atoms with Gasteiger partial charge >= 0.3 is 0 Å². The summed E-state index contributed by atoms with van der Waals surface area (Å²) in [4.78, 5) is 13.8. The Labute approximate surface area is 122 Å². The fourth-order valence-corrected chi connectivity index (χ4v) is 2.76. The summed E-state index contributed by atoms with van der Waals surface area (Å²) in [5.74, 6) is 3.62. The first-order chi connectivity index (χ1) is 9.62. The van der Waals surface area contributed by atoms with E-state index < -0.39 is 0 Å². The lowest BCUT2D eigenvalue weighted by atomic mass is 10.1. The molecule has 5 nitrogen and oxygen atoms in total. The Morgan fingerprint density at radius 2 is 2.20 bits per heavy atom. The van der Waals surface area contributed by atoms with Gasteiger partial charge in [0.1, 0.15) is 17.5 Å². The van der Waals surface area contributed by atoms with Crippen molar-refractivity contribution in [3.8, 4) is 0 Å². The number of anilines is 2. The molecule has 0 spiro atoms. The van der Waals surface area contributed by atoms with Crippen molar-refractivity contribution < 1.29 is 0 Å². The number of hydrogen-bond donors (Lipinski definition) is 1. The molecule has 5 heteroatoms. The van der Waals surface area contributed by atoms with E-state index in [1.165, 1.54) is 19.5 Å². The van der Waals surface area contributed by atoms with Gasteiger partial charge in [0.05, 0.1) is 0 Å². The Morgan fingerprint density at radius 3 is 2.80 bits per heavy atom. The zero-order valence-corrected chi connectivity index (χ0v) is 13.2. The monoisotopic (exact) mass is 277 g/mol. The minimum Gasteiger partial charge on any atom is -0.370 e. The Balaban J connectivity index is 2.07. The Bertz CT molecular complexity index is 434. The minimum atomic E-state index is 0.743. The number of nitrogens with zero attached hydrogens (tertiary/aromatic N) is 4. The van der Waals surface area contributed by atoms with Crippen molar-refractivity contribution in [3.63, 3.8) is 0 Å². The first-order valence-electron chi connectivity index (χ1n) is 7.63. The topological polar surface area (TPSA) is 44.3 Å². The third kappa shape index (κ3) is 3.82. The lowest BCUT2D eigenvalue weighted by Crippen LogP contribution is -2.28. The molecule has 1 fully saturated rings. The predicted octanol–water partition coefficient (Wildman–Crippen LogP) is 1.86. The fraction of sp³-hybridized carbons (Fsp3) is 0.733. The Morgan fingerprint density at radius 1 is 1.40 bits per heavy atom. The van der Waals surface area contributed by atoms with Gasteiger partial charge in [-0.05, 0) is 32.9 Å². The molecular weight excluding hydrogens is 250 g/mol. The van der Waals surface area contributed by atoms with E-state index in [4.69, 9.17) is 0 Å². The molecule has 1 atom stereocenters. The molecule has 0 radical (unpaired) electrons. The van der Waals surface area contributed by atoms with Gasteiger partial charge in [-0.2, -0.15) is 0 Å². The van der Waals surface area contributed by atoms with E-state index in [0.29, 0.717) is 0 Å². The molecule has 1 aliphatic heterocycles. The molecule has 1 aromatic rings. The van der Waals surface area contributed by atoms with Crippen molar-refractivity contribution in [3.05, 3.63) is 11.9 Å². The van der Waals surface area contributed by atoms with Crippen LogP contribution in [0.1, 0.15) is 26.1 Å². The van der Waals surface area contributed by atoms with Gasteiger partial charge in [0.25, 0.3) is 0 Å². The molecule has 20 heavy (non-hydrogen) atoms. The van der Waals surface area contributed by atoms with Crippen LogP contribution in [-0.2, 0) is 6.42 Å². The Kier molecular flexibility index (Phi) is 5.17. The lowest BCUT2D eigenvalue weighted by Gasteiger charge is -2.23. The second-order valence-corrected chi connectivity index (χ2v) is 5.71. The van der Waals surface area contributed by atoms with Gasteiger partial charge in [0, 0.05) is 39.2 Å². The van der Waals surface area contributed by atoms with Crippen LogP contribution in [0.25, 0.3) is 0 Å². The summed E-state index contributed by atoms with van der Waals surface area (Å²) < 4.78 is 0. The molecule has 112 valence electrons. The van der Waals surface area contributed by atoms with Crippen molar-refractivity contribution in [1.82, 2.24) is 14.9 Å². The summed E-state index contributed by atoms with van der Waals surface area (Å²) >= 11 is 0. The van der Waals surface area contributed by atoms with Crippen LogP contribution in [0.5, 0.6) is 0 Å². The van der Waals surface area contributed by atoms with Crippen molar-refractivity contribution in [2.45, 2.75) is 26.7 Å². The van der Waals surface area contributed by atoms with Crippen LogP contribution >= 0.6 is 0 Å². The van der Waals surface area contributed by atoms with Crippen molar-refractivity contribution in [1.29, 1.82) is 0 Å². The van der Waals surface area contributed by atoms with Crippen LogP contribution in [0.15, 0.2) is 6.07 Å². The second-order valence-electron chi connectivity index (χ2n) is 5.71. The second kappa shape index (κ2) is 6.88. The van der Waals surface area contributed by atoms with Crippen molar-refractivity contribution >= 4 is 11.6 Å². The third-order valence-corrected chi connectivity index (χ3v) is 3.85. The van der Waals surface area contributed by atoms with Gasteiger partial charge in [-0.25, -0.2) is 9.97 Å². The van der Waals surface area contributed by atoms with Crippen molar-refractivity contribution in [2.75, 3.05) is 50.5 Å². The maximum atomic E-state index is 4.66. The smallest absolute Gasteiger partial charge is 0.134 e. The molecule has 1 aromatic heterocycles. The van der Waals surface area contributed by atoms with E-state index in [-0.39, 0.29) is 0 Å². The summed E-state index contributed by atoms with van der Waals surface area (Å²) in [5.41, 5.74) is 0. The highest BCUT2D eigenvalue weighted by Gasteiger charge is 2.21. The molecular formula is C15H27N5. The lowest BCUT2D eigenvalue weighted by molar-refractivity contribution is 0.395. The quantitative estimate of drug-likeness (QED) is 0.860. The number of hydrogen-bond acceptors (Lipinski definition) is 5. The van der Waals surface area contributed by atoms with Gasteiger partial charge in [-0.1, -0.05) is 6.92 Å². The molecule has 2 heterocycles. The van der Waals surface area contributed by atoms with Crippen LogP contribution in [0.3, 0.4) is 0 Å². The van der Waals surface area contributed by atoms with E-state index in [2.05, 4.69) is 59.1 Å². The summed E-state index contributed by atoms with van der Waals surface area (Å²) in [6, 6.07) is 2.06. The Hall–Kier alpha value is -1.36. The van der Waals surface area contributed by atoms with Crippen LogP contribution in [-0.4, -0.2) is 55.1 Å². The summed E-state index contributed by atoms with van der Waals surface area (Å²) in [7, 11) is 4.33. The van der Waals surface area contributed by atoms with Crippen LogP contribution in [0, 0.1) is 5.92 Å². The summed E-state index contributed by atoms with van der Waals surface area (Å²) in [5, 5.41) is 3.29. The van der Waals surface area contributed by atoms with Gasteiger partial charge in [-0.3, -0.25) is 0 Å². The van der Waals surface area contributed by atoms with Crippen LogP contribution < -0.4 is 10.2 Å². The number of rotatable bonds is 6. The number of nitrogens with one attached hydrogen (secondary N) is 1. The highest BCUT2D eigenvalue weighted by Crippen LogP contribution is 2.20. The molecule has 0 aliphatic carbocycles. The van der Waals surface area contributed by atoms with E-state index in [1.807, 2.05) is 0 Å². The first-order valence-corrected chi connectivity index (χ1v) is 7.63. The number of likely N-dealkylation sites (tertiary alicyclic amines) is 1. The zero-order chi connectivity index (χ0) is 14.5. The molecule has 1 aliphatic rings. The van der Waals surface area contributed by atoms with E-state index in [0.717, 1.165) is 42.9 Å². The van der Waals surface area contributed by atoms with Gasteiger partial charge in [-0.15, -0.1) is 0 Å². The molecule has 1 N–H and O–H groups in total. The molecule has 2 rings (SSSR count). The molecule has 1 unspecified atom stereocenters. The predicted molar refractivity (Wildman–Crippen MR) is 84.4 cm³/mol. The van der Waals surface area contributed by atoms with Crippen LogP contribution in [0.2, 0.25) is 0 Å². The molecule has 0 saturated carbocycles. The first kappa shape index (κ1) is 15.0. The fourth-order valence-electron chi connectivity index (χ4n) is 2.76. The SMILES string of the molecule is CCNc1cc(N(C)CC2CCN(C)C2)nc(CC)n1. The number of aromatic nitrogens is 2. The summed E-state index contributed by atoms with van der Waals surface area (Å²) in [6.07, 6.45) is 2.15. The highest BCUT2D eigenvalue weighted by atomic mass is 15.2. The van der Waals surface area contributed by atoms with E-state index in [9.17, 15) is 0 Å². The van der Waals surface area contributed by atoms with Crippen molar-refractivity contribution in [2.24, 2.45) is 5.92 Å². The molecule has 0 amide bonds. The highest BCUT2D eigenvalue weighted by molar-refractivity contribution is 5.49. The molecule has 1 saturated heterocycles. The number of aryl methyl sites for hydroxylation is 1. The maximum Gasteiger partial charge on any atom is 0.134 e. The molecule has 0 bridgehead atoms. The van der Waals surface area contributed by atoms with Gasteiger partial charge in [0.2, 0.25) is 0 Å².